The fraction of sp³-hybridized carbons (Fsp3) is 0.154. The van der Waals surface area contributed by atoms with Crippen molar-refractivity contribution in [2.75, 3.05) is 12.2 Å². The summed E-state index contributed by atoms with van der Waals surface area (Å²) in [5.74, 6) is 2.00. The first kappa shape index (κ1) is 20.7. The highest BCUT2D eigenvalue weighted by atomic mass is 16.7. The largest absolute Gasteiger partial charge is 0.454 e. The third-order valence-electron chi connectivity index (χ3n) is 6.40. The average molecular weight is 465 g/mol. The van der Waals surface area contributed by atoms with Crippen molar-refractivity contribution in [1.29, 1.82) is 5.26 Å². The van der Waals surface area contributed by atoms with Crippen LogP contribution >= 0.6 is 0 Å². The van der Waals surface area contributed by atoms with E-state index in [1.54, 1.807) is 12.1 Å². The maximum atomic E-state index is 12.7. The van der Waals surface area contributed by atoms with E-state index in [1.807, 2.05) is 48.6 Å². The van der Waals surface area contributed by atoms with Crippen molar-refractivity contribution < 1.29 is 13.9 Å². The van der Waals surface area contributed by atoms with E-state index < -0.39 is 0 Å². The van der Waals surface area contributed by atoms with Crippen LogP contribution in [0.25, 0.3) is 27.6 Å². The number of ether oxygens (including phenoxy) is 2. The molecule has 0 aliphatic carbocycles. The summed E-state index contributed by atoms with van der Waals surface area (Å²) in [6.45, 7) is 4.14. The molecule has 9 heteroatoms. The molecule has 0 atom stereocenters. The van der Waals surface area contributed by atoms with Gasteiger partial charge < -0.3 is 14.5 Å². The third-order valence-corrected chi connectivity index (χ3v) is 6.40. The molecule has 2 aromatic carbocycles. The van der Waals surface area contributed by atoms with Crippen LogP contribution in [0.1, 0.15) is 29.2 Å². The molecule has 1 aliphatic heterocycles. The molecule has 9 nitrogen and oxygen atoms in total. The van der Waals surface area contributed by atoms with E-state index in [0.29, 0.717) is 40.2 Å². The van der Waals surface area contributed by atoms with Crippen LogP contribution in [-0.4, -0.2) is 23.0 Å². The van der Waals surface area contributed by atoms with Gasteiger partial charge in [-0.15, -0.1) is 5.10 Å². The Labute approximate surface area is 199 Å². The number of imidazole rings is 1. The van der Waals surface area contributed by atoms with Gasteiger partial charge in [0.2, 0.25) is 12.4 Å². The van der Waals surface area contributed by atoms with Crippen LogP contribution in [0.3, 0.4) is 0 Å². The molecule has 4 heterocycles. The normalized spacial score (nSPS) is 12.7. The fourth-order valence-corrected chi connectivity index (χ4v) is 4.68. The Bertz CT molecular complexity index is 1790. The molecule has 0 bridgehead atoms. The summed E-state index contributed by atoms with van der Waals surface area (Å²) < 4.78 is 12.8. The van der Waals surface area contributed by atoms with Crippen molar-refractivity contribution in [2.45, 2.75) is 20.3 Å². The highest BCUT2D eigenvalue weighted by Crippen LogP contribution is 2.35. The van der Waals surface area contributed by atoms with E-state index in [-0.39, 0.29) is 12.4 Å². The number of H-pyrrole nitrogens is 2. The molecular weight excluding hydrogens is 444 g/mol. The number of anilines is 1. The number of nitriles is 1. The number of pyridine rings is 2. The zero-order chi connectivity index (χ0) is 24.1. The summed E-state index contributed by atoms with van der Waals surface area (Å²) >= 11 is 0. The van der Waals surface area contributed by atoms with Gasteiger partial charge in [0.25, 0.3) is 11.4 Å². The summed E-state index contributed by atoms with van der Waals surface area (Å²) in [6, 6.07) is 15.6. The molecule has 0 amide bonds. The van der Waals surface area contributed by atoms with Crippen molar-refractivity contribution in [3.8, 4) is 17.6 Å². The summed E-state index contributed by atoms with van der Waals surface area (Å²) in [5, 5.41) is 15.1. The lowest BCUT2D eigenvalue weighted by molar-refractivity contribution is -0.465. The molecule has 0 radical (unpaired) electrons. The van der Waals surface area contributed by atoms with Crippen LogP contribution in [0.15, 0.2) is 52.4 Å². The van der Waals surface area contributed by atoms with Crippen LogP contribution in [-0.2, 0) is 6.42 Å². The van der Waals surface area contributed by atoms with Crippen LogP contribution in [0, 0.1) is 18.3 Å². The number of aromatic nitrogens is 3. The van der Waals surface area contributed by atoms with Crippen molar-refractivity contribution >= 4 is 39.6 Å². The minimum absolute atomic E-state index is 0.165. The van der Waals surface area contributed by atoms with Gasteiger partial charge in [-0.1, -0.05) is 19.1 Å². The van der Waals surface area contributed by atoms with E-state index in [9.17, 15) is 10.1 Å². The maximum absolute atomic E-state index is 12.7. The number of nitrogens with zero attached hydrogens (tertiary/aromatic N) is 3. The highest BCUT2D eigenvalue weighted by Gasteiger charge is 2.25. The lowest BCUT2D eigenvalue weighted by Gasteiger charge is -2.10. The second-order valence-electron chi connectivity index (χ2n) is 8.34. The molecule has 0 unspecified atom stereocenters. The van der Waals surface area contributed by atoms with Gasteiger partial charge in [-0.3, -0.25) is 9.78 Å². The minimum Gasteiger partial charge on any atom is -0.454 e. The second-order valence-corrected chi connectivity index (χ2v) is 8.34. The van der Waals surface area contributed by atoms with Gasteiger partial charge in [0.1, 0.15) is 22.7 Å². The van der Waals surface area contributed by atoms with E-state index in [0.717, 1.165) is 33.4 Å². The number of fused-ring (bicyclic) bond motifs is 5. The van der Waals surface area contributed by atoms with Gasteiger partial charge in [-0.25, -0.2) is 0 Å². The number of rotatable bonds is 4. The van der Waals surface area contributed by atoms with Crippen molar-refractivity contribution in [3.63, 3.8) is 0 Å². The molecule has 5 aromatic rings. The maximum Gasteiger partial charge on any atom is 0.257 e. The van der Waals surface area contributed by atoms with Gasteiger partial charge in [0.15, 0.2) is 11.5 Å². The van der Waals surface area contributed by atoms with Crippen LogP contribution in [0.4, 0.5) is 5.82 Å². The Balaban J connectivity index is 1.46. The quantitative estimate of drug-likeness (QED) is 0.213. The standard InChI is InChI=1S/C26H20N6O3/c1-3-17-14(2)18(11-27)24-29-19-6-4-5-7-21(19)32(24)25(17)31-28-12-16-8-15-9-22-23(35-13-34-22)10-20(15)30-26(16)33/h4-10,12H,3,13H2,1-2H3,(H2,28,29,30,31,33)/p+1. The van der Waals surface area contributed by atoms with Gasteiger partial charge in [0, 0.05) is 17.0 Å². The summed E-state index contributed by atoms with van der Waals surface area (Å²) in [4.78, 5) is 18.9. The van der Waals surface area contributed by atoms with Gasteiger partial charge in [0.05, 0.1) is 17.3 Å². The molecule has 0 saturated heterocycles. The van der Waals surface area contributed by atoms with Crippen LogP contribution in [0.2, 0.25) is 0 Å². The molecule has 0 saturated carbocycles. The lowest BCUT2D eigenvalue weighted by Crippen LogP contribution is -2.28. The molecule has 0 fully saturated rings. The summed E-state index contributed by atoms with van der Waals surface area (Å²) in [7, 11) is 0. The van der Waals surface area contributed by atoms with Crippen LogP contribution in [0.5, 0.6) is 11.5 Å². The molecule has 172 valence electrons. The van der Waals surface area contributed by atoms with E-state index >= 15 is 0 Å². The van der Waals surface area contributed by atoms with Crippen molar-refractivity contribution in [3.05, 3.63) is 75.1 Å². The third kappa shape index (κ3) is 3.19. The lowest BCUT2D eigenvalue weighted by atomic mass is 10.0. The topological polar surface area (TPSA) is 119 Å². The first-order valence-electron chi connectivity index (χ1n) is 11.2. The fourth-order valence-electron chi connectivity index (χ4n) is 4.68. The number of benzene rings is 2. The van der Waals surface area contributed by atoms with Gasteiger partial charge in [-0.05, 0) is 43.2 Å². The Morgan fingerprint density at radius 1 is 1.17 bits per heavy atom. The molecule has 6 rings (SSSR count). The van der Waals surface area contributed by atoms with E-state index in [4.69, 9.17) is 9.47 Å². The number of hydrogen-bond acceptors (Lipinski definition) is 6. The first-order valence-corrected chi connectivity index (χ1v) is 11.2. The summed E-state index contributed by atoms with van der Waals surface area (Å²) in [5.41, 5.74) is 8.93. The van der Waals surface area contributed by atoms with Gasteiger partial charge >= 0.3 is 0 Å². The van der Waals surface area contributed by atoms with E-state index in [1.165, 1.54) is 6.21 Å². The Morgan fingerprint density at radius 3 is 2.77 bits per heavy atom. The minimum atomic E-state index is -0.265. The first-order chi connectivity index (χ1) is 17.1. The van der Waals surface area contributed by atoms with Gasteiger partial charge in [-0.2, -0.15) is 15.1 Å². The Kier molecular flexibility index (Phi) is 4.67. The Morgan fingerprint density at radius 2 is 1.97 bits per heavy atom. The second kappa shape index (κ2) is 7.88. The number of nitrogens with one attached hydrogen (secondary N) is 3. The molecule has 0 spiro atoms. The molecule has 1 aliphatic rings. The van der Waals surface area contributed by atoms with Crippen LogP contribution < -0.4 is 24.9 Å². The molecule has 3 aromatic heterocycles. The zero-order valence-corrected chi connectivity index (χ0v) is 19.1. The molecule has 35 heavy (non-hydrogen) atoms. The average Bonchev–Trinajstić information content (AvgIpc) is 3.47. The SMILES string of the molecule is CCc1c(C)c(C#N)c2[nH]c3ccccc3[n+]2c1NN=Cc1cc2cc3c(cc2[nH]c1=O)OCO3. The number of aromatic amines is 2. The van der Waals surface area contributed by atoms with E-state index in [2.05, 4.69) is 26.6 Å². The molecular formula is C26H21N6O3+. The highest BCUT2D eigenvalue weighted by molar-refractivity contribution is 5.89. The predicted octanol–water partition coefficient (Wildman–Crippen LogP) is 3.67. The summed E-state index contributed by atoms with van der Waals surface area (Å²) in [6.07, 6.45) is 2.20. The smallest absolute Gasteiger partial charge is 0.257 e. The molecule has 3 N–H and O–H groups in total. The zero-order valence-electron chi connectivity index (χ0n) is 19.1. The predicted molar refractivity (Wildman–Crippen MR) is 132 cm³/mol. The van der Waals surface area contributed by atoms with Crippen molar-refractivity contribution in [1.82, 2.24) is 9.97 Å². The monoisotopic (exact) mass is 465 g/mol. The van der Waals surface area contributed by atoms with Crippen molar-refractivity contribution in [2.24, 2.45) is 5.10 Å². The Hall–Kier alpha value is -4.84. The number of para-hydroxylation sites is 2. The number of hydrogen-bond donors (Lipinski definition) is 3. The number of hydrazone groups is 1.